The van der Waals surface area contributed by atoms with E-state index in [4.69, 9.17) is 10.5 Å². The van der Waals surface area contributed by atoms with E-state index in [0.717, 1.165) is 21.3 Å². The molecule has 0 fully saturated rings. The number of halogens is 1. The Labute approximate surface area is 135 Å². The molecule has 0 spiro atoms. The molecule has 0 aliphatic carbocycles. The number of rotatable bonds is 5. The number of aryl methyl sites for hydroxylation is 1. The van der Waals surface area contributed by atoms with Crippen molar-refractivity contribution in [2.45, 2.75) is 52.6 Å². The molecule has 21 heavy (non-hydrogen) atoms. The topological polar surface area (TPSA) is 64.3 Å². The lowest BCUT2D eigenvalue weighted by molar-refractivity contribution is -0.124. The summed E-state index contributed by atoms with van der Waals surface area (Å²) in [5.41, 5.74) is 7.63. The Kier molecular flexibility index (Phi) is 6.23. The Morgan fingerprint density at radius 2 is 2.05 bits per heavy atom. The standard InChI is InChI=1S/C16H25BrN2O2/c1-10-6-13(17)8-12(7-11(2)18)15(10)21-9-14(20)19-16(3,4)5/h6,8,11H,7,9,18H2,1-5H3,(H,19,20). The highest BCUT2D eigenvalue weighted by Gasteiger charge is 2.16. The molecular weight excluding hydrogens is 332 g/mol. The third-order valence-corrected chi connectivity index (χ3v) is 3.18. The van der Waals surface area contributed by atoms with Crippen LogP contribution in [-0.2, 0) is 11.2 Å². The maximum Gasteiger partial charge on any atom is 0.258 e. The van der Waals surface area contributed by atoms with E-state index >= 15 is 0 Å². The molecule has 3 N–H and O–H groups in total. The van der Waals surface area contributed by atoms with Crippen LogP contribution < -0.4 is 15.8 Å². The van der Waals surface area contributed by atoms with Crippen molar-refractivity contribution >= 4 is 21.8 Å². The van der Waals surface area contributed by atoms with Gasteiger partial charge in [0.15, 0.2) is 6.61 Å². The highest BCUT2D eigenvalue weighted by atomic mass is 79.9. The van der Waals surface area contributed by atoms with Crippen molar-refractivity contribution in [3.05, 3.63) is 27.7 Å². The van der Waals surface area contributed by atoms with Crippen LogP contribution in [-0.4, -0.2) is 24.1 Å². The summed E-state index contributed by atoms with van der Waals surface area (Å²) in [7, 11) is 0. The first-order valence-corrected chi connectivity index (χ1v) is 7.86. The van der Waals surface area contributed by atoms with E-state index in [2.05, 4.69) is 21.2 Å². The molecule has 1 rings (SSSR count). The molecule has 0 saturated heterocycles. The van der Waals surface area contributed by atoms with Crippen molar-refractivity contribution in [1.82, 2.24) is 5.32 Å². The number of benzene rings is 1. The van der Waals surface area contributed by atoms with Gasteiger partial charge in [-0.3, -0.25) is 4.79 Å². The average Bonchev–Trinajstić information content (AvgIpc) is 2.23. The minimum Gasteiger partial charge on any atom is -0.483 e. The van der Waals surface area contributed by atoms with Gasteiger partial charge in [-0.25, -0.2) is 0 Å². The van der Waals surface area contributed by atoms with Crippen LogP contribution in [0.25, 0.3) is 0 Å². The Bertz CT molecular complexity index is 508. The van der Waals surface area contributed by atoms with E-state index in [1.165, 1.54) is 0 Å². The molecule has 5 heteroatoms. The number of carbonyl (C=O) groups is 1. The SMILES string of the molecule is Cc1cc(Br)cc(CC(C)N)c1OCC(=O)NC(C)(C)C. The van der Waals surface area contributed by atoms with Crippen LogP contribution in [0.3, 0.4) is 0 Å². The Morgan fingerprint density at radius 3 is 2.57 bits per heavy atom. The smallest absolute Gasteiger partial charge is 0.258 e. The van der Waals surface area contributed by atoms with Crippen molar-refractivity contribution in [2.24, 2.45) is 5.73 Å². The summed E-state index contributed by atoms with van der Waals surface area (Å²) in [5, 5.41) is 2.88. The summed E-state index contributed by atoms with van der Waals surface area (Å²) in [5.74, 6) is 0.621. The highest BCUT2D eigenvalue weighted by molar-refractivity contribution is 9.10. The van der Waals surface area contributed by atoms with Gasteiger partial charge < -0.3 is 15.8 Å². The van der Waals surface area contributed by atoms with E-state index < -0.39 is 0 Å². The molecular formula is C16H25BrN2O2. The van der Waals surface area contributed by atoms with Crippen molar-refractivity contribution in [2.75, 3.05) is 6.61 Å². The third-order valence-electron chi connectivity index (χ3n) is 2.72. The van der Waals surface area contributed by atoms with Crippen LogP contribution in [0.4, 0.5) is 0 Å². The molecule has 1 aromatic rings. The quantitative estimate of drug-likeness (QED) is 0.852. The van der Waals surface area contributed by atoms with Gasteiger partial charge >= 0.3 is 0 Å². The van der Waals surface area contributed by atoms with Crippen molar-refractivity contribution in [3.8, 4) is 5.75 Å². The molecule has 1 amide bonds. The largest absolute Gasteiger partial charge is 0.483 e. The zero-order valence-corrected chi connectivity index (χ0v) is 15.0. The third kappa shape index (κ3) is 6.48. The average molecular weight is 357 g/mol. The second-order valence-corrected chi connectivity index (χ2v) is 7.39. The van der Waals surface area contributed by atoms with Gasteiger partial charge in [-0.2, -0.15) is 0 Å². The lowest BCUT2D eigenvalue weighted by Crippen LogP contribution is -2.43. The molecule has 0 aliphatic rings. The number of hydrogen-bond acceptors (Lipinski definition) is 3. The Balaban J connectivity index is 2.84. The van der Waals surface area contributed by atoms with E-state index in [1.54, 1.807) is 0 Å². The number of ether oxygens (including phenoxy) is 1. The molecule has 0 aliphatic heterocycles. The number of nitrogens with one attached hydrogen (secondary N) is 1. The van der Waals surface area contributed by atoms with Crippen LogP contribution in [0.5, 0.6) is 5.75 Å². The second kappa shape index (κ2) is 7.27. The molecule has 0 heterocycles. The highest BCUT2D eigenvalue weighted by Crippen LogP contribution is 2.29. The Hall–Kier alpha value is -1.07. The van der Waals surface area contributed by atoms with Gasteiger partial charge in [-0.15, -0.1) is 0 Å². The van der Waals surface area contributed by atoms with Gasteiger partial charge in [0, 0.05) is 16.1 Å². The van der Waals surface area contributed by atoms with E-state index in [9.17, 15) is 4.79 Å². The van der Waals surface area contributed by atoms with E-state index in [-0.39, 0.29) is 24.1 Å². The zero-order chi connectivity index (χ0) is 16.2. The van der Waals surface area contributed by atoms with Gasteiger partial charge in [-0.05, 0) is 64.3 Å². The molecule has 0 aromatic heterocycles. The Morgan fingerprint density at radius 1 is 1.43 bits per heavy atom. The summed E-state index contributed by atoms with van der Waals surface area (Å²) < 4.78 is 6.73. The summed E-state index contributed by atoms with van der Waals surface area (Å²) >= 11 is 3.48. The fraction of sp³-hybridized carbons (Fsp3) is 0.562. The molecule has 0 bridgehead atoms. The first kappa shape index (κ1) is 18.0. The molecule has 1 aromatic carbocycles. The van der Waals surface area contributed by atoms with E-state index in [1.807, 2.05) is 46.8 Å². The molecule has 1 atom stereocenters. The minimum absolute atomic E-state index is 0.00565. The monoisotopic (exact) mass is 356 g/mol. The molecule has 118 valence electrons. The van der Waals surface area contributed by atoms with Crippen molar-refractivity contribution < 1.29 is 9.53 Å². The maximum absolute atomic E-state index is 11.9. The van der Waals surface area contributed by atoms with Crippen LogP contribution in [0.1, 0.15) is 38.8 Å². The van der Waals surface area contributed by atoms with Gasteiger partial charge in [-0.1, -0.05) is 15.9 Å². The summed E-state index contributed by atoms with van der Waals surface area (Å²) in [4.78, 5) is 11.9. The second-order valence-electron chi connectivity index (χ2n) is 6.48. The van der Waals surface area contributed by atoms with Crippen LogP contribution in [0.15, 0.2) is 16.6 Å². The molecule has 0 radical (unpaired) electrons. The zero-order valence-electron chi connectivity index (χ0n) is 13.4. The van der Waals surface area contributed by atoms with E-state index in [0.29, 0.717) is 6.42 Å². The van der Waals surface area contributed by atoms with Crippen molar-refractivity contribution in [3.63, 3.8) is 0 Å². The van der Waals surface area contributed by atoms with Gasteiger partial charge in [0.05, 0.1) is 0 Å². The number of hydrogen-bond donors (Lipinski definition) is 2. The normalized spacial score (nSPS) is 12.9. The van der Waals surface area contributed by atoms with Gasteiger partial charge in [0.1, 0.15) is 5.75 Å². The lowest BCUT2D eigenvalue weighted by atomic mass is 10.0. The fourth-order valence-electron chi connectivity index (χ4n) is 2.10. The lowest BCUT2D eigenvalue weighted by Gasteiger charge is -2.21. The van der Waals surface area contributed by atoms with Gasteiger partial charge in [0.2, 0.25) is 0 Å². The summed E-state index contributed by atoms with van der Waals surface area (Å²) in [6.45, 7) is 9.75. The maximum atomic E-state index is 11.9. The number of amides is 1. The van der Waals surface area contributed by atoms with Crippen LogP contribution in [0.2, 0.25) is 0 Å². The van der Waals surface area contributed by atoms with Crippen LogP contribution >= 0.6 is 15.9 Å². The summed E-state index contributed by atoms with van der Waals surface area (Å²) in [6.07, 6.45) is 0.705. The summed E-state index contributed by atoms with van der Waals surface area (Å²) in [6, 6.07) is 4.00. The first-order chi connectivity index (χ1) is 9.58. The van der Waals surface area contributed by atoms with Crippen molar-refractivity contribution in [1.29, 1.82) is 0 Å². The minimum atomic E-state index is -0.260. The van der Waals surface area contributed by atoms with Gasteiger partial charge in [0.25, 0.3) is 5.91 Å². The predicted octanol–water partition coefficient (Wildman–Crippen LogP) is 2.94. The predicted molar refractivity (Wildman–Crippen MR) is 89.6 cm³/mol. The number of nitrogens with two attached hydrogens (primary N) is 1. The number of carbonyl (C=O) groups excluding carboxylic acids is 1. The fourth-order valence-corrected chi connectivity index (χ4v) is 2.72. The molecule has 4 nitrogen and oxygen atoms in total. The van der Waals surface area contributed by atoms with Crippen LogP contribution in [0, 0.1) is 6.92 Å². The first-order valence-electron chi connectivity index (χ1n) is 7.07. The molecule has 0 saturated carbocycles. The molecule has 1 unspecified atom stereocenters.